The molecule has 0 saturated carbocycles. The van der Waals surface area contributed by atoms with Crippen LogP contribution >= 0.6 is 0 Å². The Bertz CT molecular complexity index is 716. The van der Waals surface area contributed by atoms with Gasteiger partial charge in [-0.15, -0.1) is 0 Å². The number of hydrogen-bond donors (Lipinski definition) is 0. The zero-order chi connectivity index (χ0) is 15.9. The lowest BCUT2D eigenvalue weighted by atomic mass is 9.91. The van der Waals surface area contributed by atoms with Crippen molar-refractivity contribution in [3.05, 3.63) is 52.3 Å². The van der Waals surface area contributed by atoms with Gasteiger partial charge >= 0.3 is 0 Å². The fraction of sp³-hybridized carbons (Fsp3) is 0.400. The minimum Gasteiger partial charge on any atom is -0.496 e. The first-order valence-electron chi connectivity index (χ1n) is 8.01. The molecule has 0 radical (unpaired) electrons. The van der Waals surface area contributed by atoms with Crippen molar-refractivity contribution in [3.8, 4) is 16.9 Å². The third kappa shape index (κ3) is 2.51. The van der Waals surface area contributed by atoms with Gasteiger partial charge in [-0.25, -0.2) is 4.39 Å². The summed E-state index contributed by atoms with van der Waals surface area (Å²) in [6, 6.07) is 8.05. The number of aryl methyl sites for hydroxylation is 3. The van der Waals surface area contributed by atoms with E-state index in [0.29, 0.717) is 5.75 Å². The van der Waals surface area contributed by atoms with Gasteiger partial charge in [0.2, 0.25) is 0 Å². The Balaban J connectivity index is 2.21. The number of hydrogen-bond acceptors (Lipinski definition) is 1. The van der Waals surface area contributed by atoms with Crippen LogP contribution in [0.25, 0.3) is 11.1 Å². The highest BCUT2D eigenvalue weighted by atomic mass is 19.1. The molecule has 0 amide bonds. The van der Waals surface area contributed by atoms with Crippen LogP contribution in [-0.4, -0.2) is 7.11 Å². The first-order valence-corrected chi connectivity index (χ1v) is 8.01. The second-order valence-corrected chi connectivity index (χ2v) is 6.52. The van der Waals surface area contributed by atoms with Crippen molar-refractivity contribution in [1.29, 1.82) is 0 Å². The SMILES string of the molecule is COc1cc(F)c(C(C)C)cc1-c1cc2c(cc1C)CCC2. The zero-order valence-electron chi connectivity index (χ0n) is 13.8. The van der Waals surface area contributed by atoms with Gasteiger partial charge in [0.05, 0.1) is 7.11 Å². The van der Waals surface area contributed by atoms with E-state index in [1.54, 1.807) is 7.11 Å². The molecule has 0 fully saturated rings. The van der Waals surface area contributed by atoms with Crippen molar-refractivity contribution in [2.75, 3.05) is 7.11 Å². The Morgan fingerprint density at radius 1 is 1.00 bits per heavy atom. The summed E-state index contributed by atoms with van der Waals surface area (Å²) in [4.78, 5) is 0. The normalized spacial score (nSPS) is 13.5. The molecular formula is C20H23FO. The maximum atomic E-state index is 14.2. The van der Waals surface area contributed by atoms with Gasteiger partial charge in [-0.05, 0) is 66.0 Å². The Kier molecular flexibility index (Phi) is 3.94. The van der Waals surface area contributed by atoms with Gasteiger partial charge in [0.1, 0.15) is 11.6 Å². The van der Waals surface area contributed by atoms with Gasteiger partial charge in [0.15, 0.2) is 0 Å². The monoisotopic (exact) mass is 298 g/mol. The van der Waals surface area contributed by atoms with Crippen LogP contribution in [0.15, 0.2) is 24.3 Å². The molecule has 3 rings (SSSR count). The van der Waals surface area contributed by atoms with E-state index < -0.39 is 0 Å². The molecule has 0 spiro atoms. The molecule has 2 aromatic carbocycles. The van der Waals surface area contributed by atoms with Gasteiger partial charge in [-0.1, -0.05) is 26.0 Å². The lowest BCUT2D eigenvalue weighted by molar-refractivity contribution is 0.412. The number of halogens is 1. The highest BCUT2D eigenvalue weighted by Crippen LogP contribution is 2.38. The number of benzene rings is 2. The van der Waals surface area contributed by atoms with Gasteiger partial charge in [0, 0.05) is 11.6 Å². The highest BCUT2D eigenvalue weighted by molar-refractivity contribution is 5.75. The van der Waals surface area contributed by atoms with E-state index in [1.807, 2.05) is 19.9 Å². The standard InChI is InChI=1S/C20H23FO/c1-12(2)16-10-18(20(22-4)11-19(16)21)17-9-15-7-5-6-14(15)8-13(17)3/h8-12H,5-7H2,1-4H3. The first kappa shape index (κ1) is 15.1. The summed E-state index contributed by atoms with van der Waals surface area (Å²) in [6.45, 7) is 6.17. The van der Waals surface area contributed by atoms with Crippen molar-refractivity contribution >= 4 is 0 Å². The zero-order valence-corrected chi connectivity index (χ0v) is 13.8. The largest absolute Gasteiger partial charge is 0.496 e. The molecule has 0 atom stereocenters. The summed E-state index contributed by atoms with van der Waals surface area (Å²) in [5.41, 5.74) is 7.04. The van der Waals surface area contributed by atoms with E-state index in [-0.39, 0.29) is 11.7 Å². The second-order valence-electron chi connectivity index (χ2n) is 6.52. The quantitative estimate of drug-likeness (QED) is 0.735. The number of methoxy groups -OCH3 is 1. The third-order valence-corrected chi connectivity index (χ3v) is 4.67. The van der Waals surface area contributed by atoms with Crippen LogP contribution in [0.2, 0.25) is 0 Å². The Hall–Kier alpha value is -1.83. The summed E-state index contributed by atoms with van der Waals surface area (Å²) in [5, 5.41) is 0. The van der Waals surface area contributed by atoms with E-state index in [4.69, 9.17) is 4.74 Å². The molecule has 116 valence electrons. The molecule has 0 aliphatic heterocycles. The van der Waals surface area contributed by atoms with Crippen LogP contribution in [0.4, 0.5) is 4.39 Å². The highest BCUT2D eigenvalue weighted by Gasteiger charge is 2.18. The molecule has 1 aliphatic carbocycles. The van der Waals surface area contributed by atoms with Crippen molar-refractivity contribution in [2.45, 2.75) is 46.0 Å². The molecule has 1 aliphatic rings. The van der Waals surface area contributed by atoms with Gasteiger partial charge in [-0.2, -0.15) is 0 Å². The summed E-state index contributed by atoms with van der Waals surface area (Å²) < 4.78 is 19.7. The number of rotatable bonds is 3. The van der Waals surface area contributed by atoms with Crippen LogP contribution < -0.4 is 4.74 Å². The summed E-state index contributed by atoms with van der Waals surface area (Å²) >= 11 is 0. The Labute approximate surface area is 132 Å². The Morgan fingerprint density at radius 2 is 1.68 bits per heavy atom. The molecule has 0 bridgehead atoms. The maximum absolute atomic E-state index is 14.2. The molecule has 2 heteroatoms. The van der Waals surface area contributed by atoms with Gasteiger partial charge in [0.25, 0.3) is 0 Å². The van der Waals surface area contributed by atoms with Crippen LogP contribution in [0, 0.1) is 12.7 Å². The van der Waals surface area contributed by atoms with Gasteiger partial charge < -0.3 is 4.74 Å². The van der Waals surface area contributed by atoms with Crippen LogP contribution in [0.3, 0.4) is 0 Å². The minimum absolute atomic E-state index is 0.152. The van der Waals surface area contributed by atoms with Crippen LogP contribution in [-0.2, 0) is 12.8 Å². The van der Waals surface area contributed by atoms with E-state index in [1.165, 1.54) is 41.2 Å². The molecular weight excluding hydrogens is 275 g/mol. The number of fused-ring (bicyclic) bond motifs is 1. The average molecular weight is 298 g/mol. The smallest absolute Gasteiger partial charge is 0.130 e. The minimum atomic E-state index is -0.186. The lowest BCUT2D eigenvalue weighted by Gasteiger charge is -2.17. The maximum Gasteiger partial charge on any atom is 0.130 e. The van der Waals surface area contributed by atoms with E-state index in [2.05, 4.69) is 19.1 Å². The molecule has 0 heterocycles. The second kappa shape index (κ2) is 5.75. The Morgan fingerprint density at radius 3 is 2.32 bits per heavy atom. The van der Waals surface area contributed by atoms with E-state index >= 15 is 0 Å². The third-order valence-electron chi connectivity index (χ3n) is 4.67. The molecule has 2 aromatic rings. The van der Waals surface area contributed by atoms with Crippen molar-refractivity contribution in [3.63, 3.8) is 0 Å². The predicted octanol–water partition coefficient (Wildman–Crippen LogP) is 5.42. The topological polar surface area (TPSA) is 9.23 Å². The fourth-order valence-electron chi connectivity index (χ4n) is 3.43. The van der Waals surface area contributed by atoms with E-state index in [0.717, 1.165) is 17.5 Å². The lowest BCUT2D eigenvalue weighted by Crippen LogP contribution is -1.99. The molecule has 0 aromatic heterocycles. The summed E-state index contributed by atoms with van der Waals surface area (Å²) in [7, 11) is 1.61. The fourth-order valence-corrected chi connectivity index (χ4v) is 3.43. The molecule has 22 heavy (non-hydrogen) atoms. The van der Waals surface area contributed by atoms with E-state index in [9.17, 15) is 4.39 Å². The summed E-state index contributed by atoms with van der Waals surface area (Å²) in [6.07, 6.45) is 3.55. The molecule has 0 saturated heterocycles. The predicted molar refractivity (Wildman–Crippen MR) is 89.2 cm³/mol. The molecule has 0 unspecified atom stereocenters. The molecule has 0 N–H and O–H groups in total. The van der Waals surface area contributed by atoms with Crippen molar-refractivity contribution < 1.29 is 9.13 Å². The average Bonchev–Trinajstić information content (AvgIpc) is 2.92. The van der Waals surface area contributed by atoms with Gasteiger partial charge in [-0.3, -0.25) is 0 Å². The number of ether oxygens (including phenoxy) is 1. The van der Waals surface area contributed by atoms with Crippen LogP contribution in [0.5, 0.6) is 5.75 Å². The first-order chi connectivity index (χ1) is 10.5. The van der Waals surface area contributed by atoms with Crippen molar-refractivity contribution in [2.24, 2.45) is 0 Å². The van der Waals surface area contributed by atoms with Crippen LogP contribution in [0.1, 0.15) is 48.4 Å². The summed E-state index contributed by atoms with van der Waals surface area (Å²) in [5.74, 6) is 0.580. The van der Waals surface area contributed by atoms with Crippen molar-refractivity contribution in [1.82, 2.24) is 0 Å². The molecule has 1 nitrogen and oxygen atoms in total.